The van der Waals surface area contributed by atoms with Crippen LogP contribution in [0.15, 0.2) is 22.7 Å². The zero-order chi connectivity index (χ0) is 13.7. The zero-order valence-corrected chi connectivity index (χ0v) is 13.3. The molecule has 0 unspecified atom stereocenters. The Bertz CT molecular complexity index is 497. The van der Waals surface area contributed by atoms with Gasteiger partial charge in [-0.1, -0.05) is 39.3 Å². The lowest BCUT2D eigenvalue weighted by molar-refractivity contribution is -0.118. The molecule has 0 bridgehead atoms. The van der Waals surface area contributed by atoms with Crippen LogP contribution in [0.2, 0.25) is 5.02 Å². The van der Waals surface area contributed by atoms with Crippen molar-refractivity contribution in [2.24, 2.45) is 16.7 Å². The van der Waals surface area contributed by atoms with Crippen molar-refractivity contribution in [1.29, 1.82) is 0 Å². The maximum Gasteiger partial charge on any atom is 0.228 e. The Balaban J connectivity index is 2.14. The first-order chi connectivity index (χ1) is 8.18. The molecular weight excluding hydrogens is 314 g/mol. The van der Waals surface area contributed by atoms with E-state index in [1.54, 1.807) is 12.1 Å². The summed E-state index contributed by atoms with van der Waals surface area (Å²) in [5.74, 6) is 0.126. The van der Waals surface area contributed by atoms with E-state index in [0.29, 0.717) is 5.02 Å². The lowest BCUT2D eigenvalue weighted by Crippen LogP contribution is -2.17. The van der Waals surface area contributed by atoms with Crippen LogP contribution in [-0.4, -0.2) is 5.91 Å². The molecule has 1 aliphatic carbocycles. The number of rotatable bonds is 2. The van der Waals surface area contributed by atoms with Gasteiger partial charge in [-0.3, -0.25) is 4.79 Å². The number of nitrogens with one attached hydrogen (secondary N) is 1. The van der Waals surface area contributed by atoms with Crippen molar-refractivity contribution in [2.75, 3.05) is 5.32 Å². The molecule has 1 saturated carbocycles. The number of carbonyl (C=O) groups is 1. The van der Waals surface area contributed by atoms with Crippen LogP contribution in [0, 0.1) is 16.7 Å². The smallest absolute Gasteiger partial charge is 0.228 e. The van der Waals surface area contributed by atoms with Crippen molar-refractivity contribution in [2.45, 2.75) is 27.7 Å². The maximum absolute atomic E-state index is 12.3. The normalized spacial score (nSPS) is 20.6. The largest absolute Gasteiger partial charge is 0.325 e. The van der Waals surface area contributed by atoms with Gasteiger partial charge in [-0.05, 0) is 45.0 Å². The lowest BCUT2D eigenvalue weighted by atomic mass is 10.0. The Kier molecular flexibility index (Phi) is 3.27. The number of amides is 1. The van der Waals surface area contributed by atoms with Gasteiger partial charge in [0.05, 0.1) is 5.69 Å². The zero-order valence-electron chi connectivity index (χ0n) is 11.0. The van der Waals surface area contributed by atoms with Gasteiger partial charge in [0.25, 0.3) is 0 Å². The monoisotopic (exact) mass is 329 g/mol. The van der Waals surface area contributed by atoms with Crippen LogP contribution in [0.25, 0.3) is 0 Å². The highest BCUT2D eigenvalue weighted by Crippen LogP contribution is 2.68. The van der Waals surface area contributed by atoms with Crippen LogP contribution in [0.3, 0.4) is 0 Å². The van der Waals surface area contributed by atoms with Gasteiger partial charge in [-0.2, -0.15) is 0 Å². The molecule has 18 heavy (non-hydrogen) atoms. The highest BCUT2D eigenvalue weighted by atomic mass is 79.9. The van der Waals surface area contributed by atoms with E-state index in [1.165, 1.54) is 0 Å². The average molecular weight is 331 g/mol. The highest BCUT2D eigenvalue weighted by molar-refractivity contribution is 9.10. The summed E-state index contributed by atoms with van der Waals surface area (Å²) in [7, 11) is 0. The summed E-state index contributed by atoms with van der Waals surface area (Å²) in [5, 5.41) is 3.61. The van der Waals surface area contributed by atoms with Crippen molar-refractivity contribution >= 4 is 39.1 Å². The molecule has 1 amide bonds. The molecule has 1 fully saturated rings. The van der Waals surface area contributed by atoms with Crippen LogP contribution in [0.4, 0.5) is 5.69 Å². The molecule has 1 aromatic rings. The predicted octanol–water partition coefficient (Wildman–Crippen LogP) is 4.72. The number of benzene rings is 1. The molecule has 2 rings (SSSR count). The van der Waals surface area contributed by atoms with E-state index in [9.17, 15) is 4.79 Å². The molecule has 1 aliphatic rings. The minimum atomic E-state index is 0.0487. The second-order valence-electron chi connectivity index (χ2n) is 5.99. The molecule has 0 atom stereocenters. The van der Waals surface area contributed by atoms with E-state index >= 15 is 0 Å². The first-order valence-electron chi connectivity index (χ1n) is 5.94. The number of carbonyl (C=O) groups excluding carboxylic acids is 1. The summed E-state index contributed by atoms with van der Waals surface area (Å²) in [6.45, 7) is 8.53. The second-order valence-corrected chi connectivity index (χ2v) is 7.28. The molecule has 1 N–H and O–H groups in total. The third-order valence-corrected chi connectivity index (χ3v) is 5.36. The van der Waals surface area contributed by atoms with Gasteiger partial charge in [-0.15, -0.1) is 0 Å². The van der Waals surface area contributed by atoms with Crippen LogP contribution in [0.5, 0.6) is 0 Å². The standard InChI is InChI=1S/C14H17BrClNO/c1-13(2)11(14(13,3)4)12(18)17-10-6-5-8(16)7-9(10)15/h5-7,11H,1-4H3,(H,17,18). The lowest BCUT2D eigenvalue weighted by Gasteiger charge is -2.08. The van der Waals surface area contributed by atoms with Gasteiger partial charge >= 0.3 is 0 Å². The van der Waals surface area contributed by atoms with Gasteiger partial charge in [0, 0.05) is 15.4 Å². The van der Waals surface area contributed by atoms with Crippen LogP contribution < -0.4 is 5.32 Å². The molecule has 4 heteroatoms. The number of hydrogen-bond donors (Lipinski definition) is 1. The summed E-state index contributed by atoms with van der Waals surface area (Å²) in [6.07, 6.45) is 0. The average Bonchev–Trinajstić information content (AvgIpc) is 2.62. The van der Waals surface area contributed by atoms with Crippen molar-refractivity contribution in [1.82, 2.24) is 0 Å². The summed E-state index contributed by atoms with van der Waals surface area (Å²) in [6, 6.07) is 5.36. The third-order valence-electron chi connectivity index (χ3n) is 4.47. The van der Waals surface area contributed by atoms with Crippen molar-refractivity contribution in [3.63, 3.8) is 0 Å². The minimum Gasteiger partial charge on any atom is -0.325 e. The van der Waals surface area contributed by atoms with E-state index in [-0.39, 0.29) is 22.7 Å². The quantitative estimate of drug-likeness (QED) is 0.835. The van der Waals surface area contributed by atoms with Crippen LogP contribution in [0.1, 0.15) is 27.7 Å². The van der Waals surface area contributed by atoms with E-state index in [1.807, 2.05) is 6.07 Å². The van der Waals surface area contributed by atoms with E-state index in [2.05, 4.69) is 48.9 Å². The molecule has 0 spiro atoms. The SMILES string of the molecule is CC1(C)C(C(=O)Nc2ccc(Cl)cc2Br)C1(C)C. The van der Waals surface area contributed by atoms with Gasteiger partial charge in [0.2, 0.25) is 5.91 Å². The van der Waals surface area contributed by atoms with Crippen LogP contribution in [-0.2, 0) is 4.79 Å². The highest BCUT2D eigenvalue weighted by Gasteiger charge is 2.68. The van der Waals surface area contributed by atoms with Gasteiger partial charge in [0.1, 0.15) is 0 Å². The number of hydrogen-bond acceptors (Lipinski definition) is 1. The Morgan fingerprint density at radius 2 is 1.83 bits per heavy atom. The molecule has 2 nitrogen and oxygen atoms in total. The molecule has 0 aromatic heterocycles. The molecular formula is C14H17BrClNO. The maximum atomic E-state index is 12.3. The predicted molar refractivity (Wildman–Crippen MR) is 78.8 cm³/mol. The van der Waals surface area contributed by atoms with E-state index < -0.39 is 0 Å². The fourth-order valence-electron chi connectivity index (χ4n) is 2.65. The Labute approximate surface area is 121 Å². The Hall–Kier alpha value is -0.540. The summed E-state index contributed by atoms with van der Waals surface area (Å²) < 4.78 is 0.805. The van der Waals surface area contributed by atoms with Crippen molar-refractivity contribution in [3.05, 3.63) is 27.7 Å². The van der Waals surface area contributed by atoms with Crippen molar-refractivity contribution < 1.29 is 4.79 Å². The van der Waals surface area contributed by atoms with E-state index in [0.717, 1.165) is 10.2 Å². The van der Waals surface area contributed by atoms with Gasteiger partial charge in [-0.25, -0.2) is 0 Å². The fraction of sp³-hybridized carbons (Fsp3) is 0.500. The molecule has 0 aliphatic heterocycles. The molecule has 98 valence electrons. The van der Waals surface area contributed by atoms with E-state index in [4.69, 9.17) is 11.6 Å². The molecule has 0 saturated heterocycles. The summed E-state index contributed by atoms with van der Waals surface area (Å²) in [5.41, 5.74) is 0.870. The molecule has 0 heterocycles. The minimum absolute atomic E-state index is 0.0487. The summed E-state index contributed by atoms with van der Waals surface area (Å²) >= 11 is 9.28. The molecule has 1 aromatic carbocycles. The number of halogens is 2. The topological polar surface area (TPSA) is 29.1 Å². The van der Waals surface area contributed by atoms with Gasteiger partial charge < -0.3 is 5.32 Å². The molecule has 0 radical (unpaired) electrons. The fourth-order valence-corrected chi connectivity index (χ4v) is 3.43. The number of anilines is 1. The third kappa shape index (κ3) is 2.08. The Morgan fingerprint density at radius 1 is 1.28 bits per heavy atom. The van der Waals surface area contributed by atoms with Gasteiger partial charge in [0.15, 0.2) is 0 Å². The summed E-state index contributed by atoms with van der Waals surface area (Å²) in [4.78, 5) is 12.3. The first-order valence-corrected chi connectivity index (χ1v) is 7.11. The first kappa shape index (κ1) is 13.9. The second kappa shape index (κ2) is 4.24. The van der Waals surface area contributed by atoms with Crippen molar-refractivity contribution in [3.8, 4) is 0 Å². The Morgan fingerprint density at radius 3 is 2.28 bits per heavy atom. The van der Waals surface area contributed by atoms with Crippen LogP contribution >= 0.6 is 27.5 Å².